The maximum absolute atomic E-state index is 12.4. The van der Waals surface area contributed by atoms with Crippen LogP contribution in [0.1, 0.15) is 39.8 Å². The Labute approximate surface area is 176 Å². The fraction of sp³-hybridized carbons (Fsp3) is 0.450. The normalized spacial score (nSPS) is 13.8. The molecule has 2 aromatic rings. The zero-order chi connectivity index (χ0) is 21.9. The first kappa shape index (κ1) is 22.0. The molecule has 1 aromatic heterocycles. The molecule has 9 nitrogen and oxygen atoms in total. The molecule has 2 amide bonds. The highest BCUT2D eigenvalue weighted by atomic mass is 32.2. The van der Waals surface area contributed by atoms with Crippen molar-refractivity contribution in [3.63, 3.8) is 0 Å². The second kappa shape index (κ2) is 8.97. The van der Waals surface area contributed by atoms with Gasteiger partial charge in [-0.15, -0.1) is 0 Å². The summed E-state index contributed by atoms with van der Waals surface area (Å²) in [5, 5.41) is 6.97. The Balaban J connectivity index is 1.70. The van der Waals surface area contributed by atoms with Crippen LogP contribution in [-0.4, -0.2) is 55.0 Å². The van der Waals surface area contributed by atoms with Crippen molar-refractivity contribution < 1.29 is 18.0 Å². The van der Waals surface area contributed by atoms with E-state index < -0.39 is 10.0 Å². The molecular weight excluding hydrogens is 406 g/mol. The second-order valence-electron chi connectivity index (χ2n) is 7.41. The molecule has 0 aliphatic carbocycles. The van der Waals surface area contributed by atoms with Crippen LogP contribution in [-0.2, 0) is 40.1 Å². The average Bonchev–Trinajstić information content (AvgIpc) is 3.06. The van der Waals surface area contributed by atoms with E-state index in [4.69, 9.17) is 0 Å². The summed E-state index contributed by atoms with van der Waals surface area (Å²) in [6.07, 6.45) is 0.565. The van der Waals surface area contributed by atoms with Crippen molar-refractivity contribution >= 4 is 21.8 Å². The summed E-state index contributed by atoms with van der Waals surface area (Å²) >= 11 is 0. The molecular formula is C20H27N5O4S. The molecule has 0 saturated carbocycles. The van der Waals surface area contributed by atoms with Gasteiger partial charge < -0.3 is 10.2 Å². The van der Waals surface area contributed by atoms with E-state index in [1.165, 1.54) is 14.0 Å². The van der Waals surface area contributed by atoms with Crippen LogP contribution in [0.4, 0.5) is 0 Å². The summed E-state index contributed by atoms with van der Waals surface area (Å²) in [5.74, 6) is -0.475. The Hall–Kier alpha value is -2.72. The van der Waals surface area contributed by atoms with Gasteiger partial charge in [0.15, 0.2) is 5.69 Å². The van der Waals surface area contributed by atoms with Crippen molar-refractivity contribution in [1.82, 2.24) is 24.7 Å². The lowest BCUT2D eigenvalue weighted by atomic mass is 10.0. The minimum Gasteiger partial charge on any atom is -0.354 e. The van der Waals surface area contributed by atoms with Crippen LogP contribution in [0.25, 0.3) is 0 Å². The molecule has 162 valence electrons. The van der Waals surface area contributed by atoms with Gasteiger partial charge in [-0.2, -0.15) is 5.10 Å². The number of benzene rings is 1. The van der Waals surface area contributed by atoms with Gasteiger partial charge in [-0.3, -0.25) is 14.3 Å². The molecule has 30 heavy (non-hydrogen) atoms. The van der Waals surface area contributed by atoms with E-state index in [1.807, 2.05) is 19.1 Å². The van der Waals surface area contributed by atoms with Crippen LogP contribution in [0.3, 0.4) is 0 Å². The lowest BCUT2D eigenvalue weighted by Gasteiger charge is -2.26. The van der Waals surface area contributed by atoms with Crippen molar-refractivity contribution in [3.8, 4) is 0 Å². The molecule has 0 spiro atoms. The van der Waals surface area contributed by atoms with E-state index >= 15 is 0 Å². The van der Waals surface area contributed by atoms with E-state index in [9.17, 15) is 18.0 Å². The second-order valence-corrected chi connectivity index (χ2v) is 9.21. The van der Waals surface area contributed by atoms with Gasteiger partial charge in [-0.25, -0.2) is 13.1 Å². The number of sulfonamides is 1. The molecule has 1 aromatic carbocycles. The van der Waals surface area contributed by atoms with Crippen molar-refractivity contribution in [2.24, 2.45) is 0 Å². The van der Waals surface area contributed by atoms with Gasteiger partial charge in [0.05, 0.1) is 12.3 Å². The van der Waals surface area contributed by atoms with Gasteiger partial charge in [0.1, 0.15) is 0 Å². The number of nitrogens with one attached hydrogen (secondary N) is 2. The highest BCUT2D eigenvalue weighted by Gasteiger charge is 2.28. The van der Waals surface area contributed by atoms with Crippen molar-refractivity contribution in [2.45, 2.75) is 39.1 Å². The standard InChI is InChI=1S/C20H27N5O4S/c1-14-4-6-16(7-5-14)13-30(28,29)22-9-11-25-18-8-10-24(15(2)26)12-17(18)19(23-25)20(27)21-3/h4-7,22H,8-13H2,1-3H3,(H,21,27). The van der Waals surface area contributed by atoms with E-state index in [-0.39, 0.29) is 29.8 Å². The fourth-order valence-corrected chi connectivity index (χ4v) is 4.64. The number of carbonyl (C=O) groups is 2. The van der Waals surface area contributed by atoms with Crippen molar-refractivity contribution in [1.29, 1.82) is 0 Å². The zero-order valence-corrected chi connectivity index (χ0v) is 18.3. The molecule has 2 heterocycles. The predicted molar refractivity (Wildman–Crippen MR) is 112 cm³/mol. The maximum Gasteiger partial charge on any atom is 0.271 e. The van der Waals surface area contributed by atoms with Crippen LogP contribution < -0.4 is 10.0 Å². The molecule has 10 heteroatoms. The van der Waals surface area contributed by atoms with E-state index in [0.717, 1.165) is 22.4 Å². The molecule has 0 bridgehead atoms. The summed E-state index contributed by atoms with van der Waals surface area (Å²) in [7, 11) is -1.97. The molecule has 0 fully saturated rings. The number of rotatable bonds is 7. The van der Waals surface area contributed by atoms with Crippen LogP contribution >= 0.6 is 0 Å². The predicted octanol–water partition coefficient (Wildman–Crippen LogP) is 0.575. The zero-order valence-electron chi connectivity index (χ0n) is 17.4. The first-order valence-corrected chi connectivity index (χ1v) is 11.4. The molecule has 0 unspecified atom stereocenters. The van der Waals surface area contributed by atoms with Gasteiger partial charge in [0.2, 0.25) is 15.9 Å². The van der Waals surface area contributed by atoms with Gasteiger partial charge in [0, 0.05) is 51.3 Å². The Kier molecular flexibility index (Phi) is 6.57. The van der Waals surface area contributed by atoms with Gasteiger partial charge in [0.25, 0.3) is 5.91 Å². The first-order chi connectivity index (χ1) is 14.2. The van der Waals surface area contributed by atoms with E-state index in [2.05, 4.69) is 15.1 Å². The molecule has 0 radical (unpaired) electrons. The largest absolute Gasteiger partial charge is 0.354 e. The number of aryl methyl sites for hydroxylation is 1. The smallest absolute Gasteiger partial charge is 0.271 e. The Morgan fingerprint density at radius 3 is 2.53 bits per heavy atom. The number of carbonyl (C=O) groups excluding carboxylic acids is 2. The summed E-state index contributed by atoms with van der Waals surface area (Å²) < 4.78 is 29.1. The number of fused-ring (bicyclic) bond motifs is 1. The third-order valence-corrected chi connectivity index (χ3v) is 6.50. The third kappa shape index (κ3) is 5.06. The molecule has 3 rings (SSSR count). The van der Waals surface area contributed by atoms with Gasteiger partial charge in [-0.1, -0.05) is 29.8 Å². The number of aromatic nitrogens is 2. The molecule has 1 aliphatic rings. The lowest BCUT2D eigenvalue weighted by molar-refractivity contribution is -0.129. The van der Waals surface area contributed by atoms with Crippen molar-refractivity contribution in [3.05, 3.63) is 52.3 Å². The minimum absolute atomic E-state index is 0.0554. The van der Waals surface area contributed by atoms with E-state index in [0.29, 0.717) is 26.1 Å². The summed E-state index contributed by atoms with van der Waals surface area (Å²) in [4.78, 5) is 25.6. The monoisotopic (exact) mass is 433 g/mol. The molecule has 0 saturated heterocycles. The molecule has 2 N–H and O–H groups in total. The summed E-state index contributed by atoms with van der Waals surface area (Å²) in [6, 6.07) is 7.36. The number of nitrogens with zero attached hydrogens (tertiary/aromatic N) is 3. The number of hydrogen-bond acceptors (Lipinski definition) is 5. The van der Waals surface area contributed by atoms with E-state index in [1.54, 1.807) is 21.7 Å². The van der Waals surface area contributed by atoms with Crippen LogP contribution in [0, 0.1) is 6.92 Å². The van der Waals surface area contributed by atoms with Crippen molar-refractivity contribution in [2.75, 3.05) is 20.1 Å². The van der Waals surface area contributed by atoms with Gasteiger partial charge >= 0.3 is 0 Å². The van der Waals surface area contributed by atoms with Crippen LogP contribution in [0.5, 0.6) is 0 Å². The van der Waals surface area contributed by atoms with Gasteiger partial charge in [-0.05, 0) is 12.5 Å². The third-order valence-electron chi connectivity index (χ3n) is 5.14. The molecule has 0 atom stereocenters. The topological polar surface area (TPSA) is 113 Å². The number of hydrogen-bond donors (Lipinski definition) is 2. The highest BCUT2D eigenvalue weighted by molar-refractivity contribution is 7.88. The molecule has 1 aliphatic heterocycles. The maximum atomic E-state index is 12.4. The Morgan fingerprint density at radius 2 is 1.90 bits per heavy atom. The minimum atomic E-state index is -3.50. The Morgan fingerprint density at radius 1 is 1.20 bits per heavy atom. The fourth-order valence-electron chi connectivity index (χ4n) is 3.51. The quantitative estimate of drug-likeness (QED) is 0.663. The lowest BCUT2D eigenvalue weighted by Crippen LogP contribution is -2.36. The SMILES string of the molecule is CNC(=O)c1nn(CCNS(=O)(=O)Cc2ccc(C)cc2)c2c1CN(C(C)=O)CC2. The summed E-state index contributed by atoms with van der Waals surface area (Å²) in [5.41, 5.74) is 3.65. The number of amides is 2. The first-order valence-electron chi connectivity index (χ1n) is 9.79. The average molecular weight is 434 g/mol. The Bertz CT molecular complexity index is 1040. The van der Waals surface area contributed by atoms with Crippen LogP contribution in [0.15, 0.2) is 24.3 Å². The van der Waals surface area contributed by atoms with Crippen LogP contribution in [0.2, 0.25) is 0 Å². The summed E-state index contributed by atoms with van der Waals surface area (Å²) in [6.45, 7) is 4.77. The highest BCUT2D eigenvalue weighted by Crippen LogP contribution is 2.23.